The van der Waals surface area contributed by atoms with E-state index in [1.807, 2.05) is 0 Å². The Labute approximate surface area is 57.4 Å². The van der Waals surface area contributed by atoms with Gasteiger partial charge in [-0.25, -0.2) is 4.79 Å². The SMILES string of the molecule is CC(=O)C=C(C#N)C(=O)O. The molecule has 4 nitrogen and oxygen atoms in total. The summed E-state index contributed by atoms with van der Waals surface area (Å²) in [6.07, 6.45) is 0.780. The lowest BCUT2D eigenvalue weighted by molar-refractivity contribution is -0.132. The quantitative estimate of drug-likeness (QED) is 0.435. The first-order valence-corrected chi connectivity index (χ1v) is 2.43. The van der Waals surface area contributed by atoms with Crippen LogP contribution in [0.3, 0.4) is 0 Å². The van der Waals surface area contributed by atoms with Gasteiger partial charge in [0, 0.05) is 6.08 Å². The monoisotopic (exact) mass is 139 g/mol. The van der Waals surface area contributed by atoms with E-state index in [-0.39, 0.29) is 0 Å². The highest BCUT2D eigenvalue weighted by molar-refractivity contribution is 6.00. The molecular weight excluding hydrogens is 134 g/mol. The largest absolute Gasteiger partial charge is 0.477 e. The summed E-state index contributed by atoms with van der Waals surface area (Å²) in [4.78, 5) is 20.2. The summed E-state index contributed by atoms with van der Waals surface area (Å²) >= 11 is 0. The average molecular weight is 139 g/mol. The maximum absolute atomic E-state index is 10.2. The summed E-state index contributed by atoms with van der Waals surface area (Å²) in [6, 6.07) is 1.37. The molecule has 0 spiro atoms. The number of nitriles is 1. The van der Waals surface area contributed by atoms with Crippen molar-refractivity contribution >= 4 is 11.8 Å². The number of carboxylic acid groups (broad SMARTS) is 1. The van der Waals surface area contributed by atoms with Gasteiger partial charge in [-0.3, -0.25) is 4.79 Å². The molecule has 10 heavy (non-hydrogen) atoms. The molecule has 0 heterocycles. The van der Waals surface area contributed by atoms with Gasteiger partial charge in [-0.15, -0.1) is 0 Å². The van der Waals surface area contributed by atoms with Crippen LogP contribution >= 0.6 is 0 Å². The Hall–Kier alpha value is -1.63. The van der Waals surface area contributed by atoms with Crippen LogP contribution in [0.1, 0.15) is 6.92 Å². The normalized spacial score (nSPS) is 10.2. The topological polar surface area (TPSA) is 78.2 Å². The van der Waals surface area contributed by atoms with E-state index in [9.17, 15) is 9.59 Å². The molecule has 0 aliphatic heterocycles. The second-order valence-electron chi connectivity index (χ2n) is 1.59. The van der Waals surface area contributed by atoms with Gasteiger partial charge in [-0.1, -0.05) is 0 Å². The van der Waals surface area contributed by atoms with Crippen molar-refractivity contribution in [3.63, 3.8) is 0 Å². The molecule has 0 unspecified atom stereocenters. The van der Waals surface area contributed by atoms with Crippen molar-refractivity contribution < 1.29 is 14.7 Å². The molecule has 0 fully saturated rings. The third-order valence-corrected chi connectivity index (χ3v) is 0.698. The molecular formula is C6H5NO3. The predicted octanol–water partition coefficient (Wildman–Crippen LogP) is 0.110. The minimum absolute atomic E-state index is 0.445. The van der Waals surface area contributed by atoms with Crippen LogP contribution in [0.15, 0.2) is 11.6 Å². The first kappa shape index (κ1) is 8.37. The lowest BCUT2D eigenvalue weighted by Crippen LogP contribution is -1.99. The van der Waals surface area contributed by atoms with Gasteiger partial charge in [0.15, 0.2) is 5.78 Å². The molecule has 52 valence electrons. The Morgan fingerprint density at radius 3 is 2.20 bits per heavy atom. The number of hydrogen-bond acceptors (Lipinski definition) is 3. The minimum Gasteiger partial charge on any atom is -0.477 e. The molecule has 0 aliphatic rings. The molecule has 0 aromatic rings. The first-order valence-electron chi connectivity index (χ1n) is 2.43. The molecule has 0 aromatic heterocycles. The standard InChI is InChI=1S/C6H5NO3/c1-4(8)2-5(3-7)6(9)10/h2H,1H3,(H,9,10). The summed E-state index contributed by atoms with van der Waals surface area (Å²) in [5, 5.41) is 16.3. The van der Waals surface area contributed by atoms with Crippen molar-refractivity contribution in [1.29, 1.82) is 5.26 Å². The van der Waals surface area contributed by atoms with E-state index in [4.69, 9.17) is 10.4 Å². The Bertz CT molecular complexity index is 234. The van der Waals surface area contributed by atoms with Crippen molar-refractivity contribution in [3.8, 4) is 6.07 Å². The molecule has 0 rings (SSSR count). The molecule has 0 saturated carbocycles. The van der Waals surface area contributed by atoms with Crippen LogP contribution in [0, 0.1) is 11.3 Å². The highest BCUT2D eigenvalue weighted by Crippen LogP contribution is 1.91. The fourth-order valence-corrected chi connectivity index (χ4v) is 0.345. The van der Waals surface area contributed by atoms with Crippen molar-refractivity contribution in [3.05, 3.63) is 11.6 Å². The van der Waals surface area contributed by atoms with Crippen LogP contribution in [0.4, 0.5) is 0 Å². The van der Waals surface area contributed by atoms with Gasteiger partial charge < -0.3 is 5.11 Å². The fourth-order valence-electron chi connectivity index (χ4n) is 0.345. The Morgan fingerprint density at radius 2 is 2.10 bits per heavy atom. The molecule has 1 N–H and O–H groups in total. The lowest BCUT2D eigenvalue weighted by Gasteiger charge is -1.84. The van der Waals surface area contributed by atoms with E-state index in [1.165, 1.54) is 13.0 Å². The van der Waals surface area contributed by atoms with Crippen LogP contribution < -0.4 is 0 Å². The summed E-state index contributed by atoms with van der Waals surface area (Å²) in [5.41, 5.74) is -0.535. The summed E-state index contributed by atoms with van der Waals surface area (Å²) in [7, 11) is 0. The van der Waals surface area contributed by atoms with Gasteiger partial charge in [0.05, 0.1) is 0 Å². The van der Waals surface area contributed by atoms with Gasteiger partial charge in [0.25, 0.3) is 0 Å². The van der Waals surface area contributed by atoms with Crippen molar-refractivity contribution in [2.45, 2.75) is 6.92 Å². The van der Waals surface area contributed by atoms with Gasteiger partial charge in [0.1, 0.15) is 11.6 Å². The highest BCUT2D eigenvalue weighted by atomic mass is 16.4. The molecule has 0 aliphatic carbocycles. The van der Waals surface area contributed by atoms with Gasteiger partial charge in [-0.05, 0) is 6.92 Å². The molecule has 4 heteroatoms. The summed E-state index contributed by atoms with van der Waals surface area (Å²) < 4.78 is 0. The average Bonchev–Trinajstić information content (AvgIpc) is 1.81. The van der Waals surface area contributed by atoms with Crippen LogP contribution in [-0.4, -0.2) is 16.9 Å². The Morgan fingerprint density at radius 1 is 1.60 bits per heavy atom. The van der Waals surface area contributed by atoms with E-state index in [0.29, 0.717) is 0 Å². The molecule has 0 aromatic carbocycles. The van der Waals surface area contributed by atoms with Gasteiger partial charge in [-0.2, -0.15) is 5.26 Å². The summed E-state index contributed by atoms with van der Waals surface area (Å²) in [5.74, 6) is -1.82. The Balaban J connectivity index is 4.55. The third-order valence-electron chi connectivity index (χ3n) is 0.698. The van der Waals surface area contributed by atoms with Gasteiger partial charge in [0.2, 0.25) is 0 Å². The smallest absolute Gasteiger partial charge is 0.346 e. The number of carbonyl (C=O) groups is 2. The number of carbonyl (C=O) groups excluding carboxylic acids is 1. The van der Waals surface area contributed by atoms with Crippen molar-refractivity contribution in [1.82, 2.24) is 0 Å². The fraction of sp³-hybridized carbons (Fsp3) is 0.167. The van der Waals surface area contributed by atoms with E-state index in [2.05, 4.69) is 0 Å². The number of nitrogens with zero attached hydrogens (tertiary/aromatic N) is 1. The number of aliphatic carboxylic acids is 1. The van der Waals surface area contributed by atoms with E-state index in [1.54, 1.807) is 0 Å². The maximum atomic E-state index is 10.2. The maximum Gasteiger partial charge on any atom is 0.346 e. The van der Waals surface area contributed by atoms with E-state index in [0.717, 1.165) is 6.08 Å². The lowest BCUT2D eigenvalue weighted by atomic mass is 10.2. The highest BCUT2D eigenvalue weighted by Gasteiger charge is 2.05. The van der Waals surface area contributed by atoms with Gasteiger partial charge >= 0.3 is 5.97 Å². The number of carboxylic acids is 1. The number of allylic oxidation sites excluding steroid dienone is 1. The zero-order valence-corrected chi connectivity index (χ0v) is 5.29. The number of rotatable bonds is 2. The minimum atomic E-state index is -1.38. The molecule has 0 amide bonds. The second kappa shape index (κ2) is 3.41. The van der Waals surface area contributed by atoms with Crippen LogP contribution in [0.2, 0.25) is 0 Å². The first-order chi connectivity index (χ1) is 4.57. The van der Waals surface area contributed by atoms with Crippen LogP contribution in [0.25, 0.3) is 0 Å². The number of hydrogen-bond donors (Lipinski definition) is 1. The Kier molecular flexibility index (Phi) is 2.85. The molecule has 0 radical (unpaired) electrons. The molecule has 0 atom stereocenters. The van der Waals surface area contributed by atoms with Crippen molar-refractivity contribution in [2.75, 3.05) is 0 Å². The third kappa shape index (κ3) is 2.62. The summed E-state index contributed by atoms with van der Waals surface area (Å²) in [6.45, 7) is 1.18. The molecule has 0 bridgehead atoms. The van der Waals surface area contributed by atoms with Crippen molar-refractivity contribution in [2.24, 2.45) is 0 Å². The van der Waals surface area contributed by atoms with E-state index >= 15 is 0 Å². The predicted molar refractivity (Wildman–Crippen MR) is 32.0 cm³/mol. The van der Waals surface area contributed by atoms with E-state index < -0.39 is 17.3 Å². The van der Waals surface area contributed by atoms with Crippen LogP contribution in [-0.2, 0) is 9.59 Å². The second-order valence-corrected chi connectivity index (χ2v) is 1.59. The zero-order valence-electron chi connectivity index (χ0n) is 5.29. The number of ketones is 1. The zero-order chi connectivity index (χ0) is 8.15. The van der Waals surface area contributed by atoms with Crippen LogP contribution in [0.5, 0.6) is 0 Å². The molecule has 0 saturated heterocycles.